The van der Waals surface area contributed by atoms with E-state index in [1.165, 1.54) is 0 Å². The van der Waals surface area contributed by atoms with Gasteiger partial charge in [-0.2, -0.15) is 0 Å². The summed E-state index contributed by atoms with van der Waals surface area (Å²) in [5.74, 6) is 0.187. The summed E-state index contributed by atoms with van der Waals surface area (Å²) < 4.78 is 5.35. The van der Waals surface area contributed by atoms with E-state index >= 15 is 0 Å². The number of hydrogen-bond donors (Lipinski definition) is 1. The number of benzene rings is 2. The molecule has 0 spiro atoms. The predicted octanol–water partition coefficient (Wildman–Crippen LogP) is 2.88. The van der Waals surface area contributed by atoms with Gasteiger partial charge >= 0.3 is 0 Å². The van der Waals surface area contributed by atoms with E-state index in [0.717, 1.165) is 16.3 Å². The van der Waals surface area contributed by atoms with Crippen LogP contribution in [0.4, 0.5) is 0 Å². The van der Waals surface area contributed by atoms with E-state index in [9.17, 15) is 9.90 Å². The van der Waals surface area contributed by atoms with Crippen LogP contribution in [0.3, 0.4) is 0 Å². The first-order chi connectivity index (χ1) is 12.2. The molecule has 2 aromatic carbocycles. The van der Waals surface area contributed by atoms with Gasteiger partial charge in [-0.15, -0.1) is 0 Å². The molecule has 128 valence electrons. The van der Waals surface area contributed by atoms with Crippen LogP contribution in [0.25, 0.3) is 10.8 Å². The Labute approximate surface area is 146 Å². The van der Waals surface area contributed by atoms with Crippen LogP contribution < -0.4 is 4.74 Å². The minimum Gasteiger partial charge on any atom is -0.481 e. The molecule has 1 heterocycles. The molecule has 0 atom stereocenters. The average Bonchev–Trinajstić information content (AvgIpc) is 2.67. The van der Waals surface area contributed by atoms with Gasteiger partial charge in [0.25, 0.3) is 5.91 Å². The maximum absolute atomic E-state index is 12.9. The first-order valence-corrected chi connectivity index (χ1v) is 8.10. The van der Waals surface area contributed by atoms with E-state index in [1.807, 2.05) is 54.6 Å². The van der Waals surface area contributed by atoms with E-state index < -0.39 is 0 Å². The number of rotatable bonds is 6. The monoisotopic (exact) mass is 336 g/mol. The lowest BCUT2D eigenvalue weighted by molar-refractivity contribution is 0.0701. The Hall–Kier alpha value is -2.92. The van der Waals surface area contributed by atoms with Gasteiger partial charge in [-0.25, -0.2) is 4.98 Å². The number of aliphatic hydroxyl groups is 1. The van der Waals surface area contributed by atoms with Crippen molar-refractivity contribution in [3.8, 4) is 5.88 Å². The highest BCUT2D eigenvalue weighted by molar-refractivity contribution is 5.98. The Balaban J connectivity index is 1.95. The summed E-state index contributed by atoms with van der Waals surface area (Å²) in [6.07, 6.45) is 0. The highest BCUT2D eigenvalue weighted by atomic mass is 16.5. The normalized spacial score (nSPS) is 10.6. The van der Waals surface area contributed by atoms with Crippen molar-refractivity contribution in [1.82, 2.24) is 9.88 Å². The Morgan fingerprint density at radius 1 is 1.12 bits per heavy atom. The van der Waals surface area contributed by atoms with Crippen LogP contribution in [0.15, 0.2) is 60.7 Å². The summed E-state index contributed by atoms with van der Waals surface area (Å²) in [5, 5.41) is 11.1. The minimum absolute atomic E-state index is 0.108. The number of ether oxygens (including phenoxy) is 1. The zero-order valence-electron chi connectivity index (χ0n) is 14.1. The lowest BCUT2D eigenvalue weighted by atomic mass is 10.1. The van der Waals surface area contributed by atoms with Gasteiger partial charge in [0.15, 0.2) is 0 Å². The Morgan fingerprint density at radius 3 is 2.56 bits per heavy atom. The lowest BCUT2D eigenvalue weighted by Gasteiger charge is -2.22. The van der Waals surface area contributed by atoms with Crippen molar-refractivity contribution >= 4 is 16.7 Å². The molecule has 0 saturated heterocycles. The number of hydrogen-bond acceptors (Lipinski definition) is 4. The number of pyridine rings is 1. The zero-order chi connectivity index (χ0) is 17.6. The van der Waals surface area contributed by atoms with Crippen LogP contribution in [0.2, 0.25) is 0 Å². The highest BCUT2D eigenvalue weighted by Crippen LogP contribution is 2.25. The molecule has 3 rings (SSSR count). The third-order valence-corrected chi connectivity index (χ3v) is 3.99. The van der Waals surface area contributed by atoms with E-state index in [1.54, 1.807) is 18.1 Å². The van der Waals surface area contributed by atoms with Gasteiger partial charge in [0.2, 0.25) is 5.88 Å². The van der Waals surface area contributed by atoms with E-state index in [0.29, 0.717) is 18.1 Å². The fourth-order valence-electron chi connectivity index (χ4n) is 2.77. The molecule has 1 amide bonds. The zero-order valence-corrected chi connectivity index (χ0v) is 14.1. The first-order valence-electron chi connectivity index (χ1n) is 8.10. The summed E-state index contributed by atoms with van der Waals surface area (Å²) in [5.41, 5.74) is 1.30. The molecule has 25 heavy (non-hydrogen) atoms. The quantitative estimate of drug-likeness (QED) is 0.752. The third kappa shape index (κ3) is 3.78. The Kier molecular flexibility index (Phi) is 5.26. The van der Waals surface area contributed by atoms with Crippen LogP contribution in [0, 0.1) is 0 Å². The maximum atomic E-state index is 12.9. The fourth-order valence-corrected chi connectivity index (χ4v) is 2.77. The van der Waals surface area contributed by atoms with Gasteiger partial charge in [-0.3, -0.25) is 4.79 Å². The van der Waals surface area contributed by atoms with Gasteiger partial charge < -0.3 is 14.7 Å². The fraction of sp³-hybridized carbons (Fsp3) is 0.200. The summed E-state index contributed by atoms with van der Waals surface area (Å²) in [4.78, 5) is 18.9. The van der Waals surface area contributed by atoms with Gasteiger partial charge in [0.05, 0.1) is 13.7 Å². The molecular weight excluding hydrogens is 316 g/mol. The molecule has 0 aliphatic heterocycles. The van der Waals surface area contributed by atoms with Crippen molar-refractivity contribution in [3.63, 3.8) is 0 Å². The SMILES string of the molecule is COc1nc(C(=O)N(CCO)Cc2ccccc2)cc2ccccc12. The van der Waals surface area contributed by atoms with Crippen molar-refractivity contribution in [1.29, 1.82) is 0 Å². The first kappa shape index (κ1) is 16.9. The Bertz CT molecular complexity index is 865. The summed E-state index contributed by atoms with van der Waals surface area (Å²) in [6, 6.07) is 19.1. The highest BCUT2D eigenvalue weighted by Gasteiger charge is 2.19. The topological polar surface area (TPSA) is 62.7 Å². The number of carbonyl (C=O) groups is 1. The third-order valence-electron chi connectivity index (χ3n) is 3.99. The largest absolute Gasteiger partial charge is 0.481 e. The van der Waals surface area contributed by atoms with Crippen molar-refractivity contribution in [3.05, 3.63) is 71.9 Å². The van der Waals surface area contributed by atoms with Crippen molar-refractivity contribution in [2.45, 2.75) is 6.54 Å². The second-order valence-electron chi connectivity index (χ2n) is 5.67. The molecule has 0 bridgehead atoms. The second kappa shape index (κ2) is 7.77. The maximum Gasteiger partial charge on any atom is 0.273 e. The molecule has 1 N–H and O–H groups in total. The molecule has 3 aromatic rings. The molecule has 0 aliphatic rings. The molecular formula is C20H20N2O3. The van der Waals surface area contributed by atoms with Gasteiger partial charge in [0, 0.05) is 18.5 Å². The summed E-state index contributed by atoms with van der Waals surface area (Å²) >= 11 is 0. The minimum atomic E-state index is -0.234. The molecule has 0 unspecified atom stereocenters. The Morgan fingerprint density at radius 2 is 1.84 bits per heavy atom. The molecule has 1 aromatic heterocycles. The number of aromatic nitrogens is 1. The molecule has 0 fully saturated rings. The number of carbonyl (C=O) groups excluding carboxylic acids is 1. The number of nitrogens with zero attached hydrogens (tertiary/aromatic N) is 2. The van der Waals surface area contributed by atoms with Crippen LogP contribution in [0.5, 0.6) is 5.88 Å². The summed E-state index contributed by atoms with van der Waals surface area (Å²) in [7, 11) is 1.54. The van der Waals surface area contributed by atoms with Crippen molar-refractivity contribution in [2.75, 3.05) is 20.3 Å². The predicted molar refractivity (Wildman–Crippen MR) is 96.6 cm³/mol. The van der Waals surface area contributed by atoms with Crippen molar-refractivity contribution < 1.29 is 14.6 Å². The van der Waals surface area contributed by atoms with E-state index in [2.05, 4.69) is 4.98 Å². The second-order valence-corrected chi connectivity index (χ2v) is 5.67. The van der Waals surface area contributed by atoms with Crippen LogP contribution >= 0.6 is 0 Å². The van der Waals surface area contributed by atoms with Gasteiger partial charge in [-0.1, -0.05) is 48.5 Å². The number of fused-ring (bicyclic) bond motifs is 1. The van der Waals surface area contributed by atoms with Crippen LogP contribution in [0.1, 0.15) is 16.1 Å². The number of aliphatic hydroxyl groups excluding tert-OH is 1. The smallest absolute Gasteiger partial charge is 0.273 e. The van der Waals surface area contributed by atoms with Gasteiger partial charge in [0.1, 0.15) is 5.69 Å². The molecule has 0 aliphatic carbocycles. The lowest BCUT2D eigenvalue weighted by Crippen LogP contribution is -2.33. The standard InChI is InChI=1S/C20H20N2O3/c1-25-19-17-10-6-5-9-16(17)13-18(21-19)20(24)22(11-12-23)14-15-7-3-2-4-8-15/h2-10,13,23H,11-12,14H2,1H3. The molecule has 0 saturated carbocycles. The molecule has 5 nitrogen and oxygen atoms in total. The number of methoxy groups -OCH3 is 1. The van der Waals surface area contributed by atoms with Gasteiger partial charge in [-0.05, 0) is 23.1 Å². The van der Waals surface area contributed by atoms with Crippen molar-refractivity contribution in [2.24, 2.45) is 0 Å². The van der Waals surface area contributed by atoms with Crippen LogP contribution in [-0.2, 0) is 6.54 Å². The van der Waals surface area contributed by atoms with E-state index in [-0.39, 0.29) is 19.1 Å². The number of amides is 1. The van der Waals surface area contributed by atoms with E-state index in [4.69, 9.17) is 4.74 Å². The molecule has 5 heteroatoms. The summed E-state index contributed by atoms with van der Waals surface area (Å²) in [6.45, 7) is 0.547. The van der Waals surface area contributed by atoms with Crippen LogP contribution in [-0.4, -0.2) is 41.2 Å². The average molecular weight is 336 g/mol. The molecule has 0 radical (unpaired) electrons.